The van der Waals surface area contributed by atoms with Crippen LogP contribution in [-0.4, -0.2) is 3.92 Å². The SMILES string of the molecule is CC(C)=CC=CC=CC(I)C=C(C)C. The van der Waals surface area contributed by atoms with Gasteiger partial charge in [0.1, 0.15) is 0 Å². The van der Waals surface area contributed by atoms with Gasteiger partial charge in [0, 0.05) is 3.92 Å². The molecule has 0 radical (unpaired) electrons. The van der Waals surface area contributed by atoms with E-state index in [1.807, 2.05) is 0 Å². The Morgan fingerprint density at radius 1 is 0.929 bits per heavy atom. The van der Waals surface area contributed by atoms with Crippen molar-refractivity contribution in [2.75, 3.05) is 0 Å². The van der Waals surface area contributed by atoms with Gasteiger partial charge in [0.25, 0.3) is 0 Å². The molecule has 0 fully saturated rings. The van der Waals surface area contributed by atoms with Crippen LogP contribution >= 0.6 is 22.6 Å². The van der Waals surface area contributed by atoms with E-state index in [1.54, 1.807) is 0 Å². The summed E-state index contributed by atoms with van der Waals surface area (Å²) in [5.41, 5.74) is 2.69. The van der Waals surface area contributed by atoms with Crippen LogP contribution in [0.15, 0.2) is 47.6 Å². The molecule has 0 bridgehead atoms. The molecule has 0 aromatic heterocycles. The molecule has 0 spiro atoms. The highest BCUT2D eigenvalue weighted by molar-refractivity contribution is 14.1. The second-order valence-corrected chi connectivity index (χ2v) is 5.14. The van der Waals surface area contributed by atoms with Crippen molar-refractivity contribution in [2.45, 2.75) is 31.6 Å². The van der Waals surface area contributed by atoms with E-state index >= 15 is 0 Å². The first-order valence-electron chi connectivity index (χ1n) is 4.80. The first-order chi connectivity index (χ1) is 6.52. The number of allylic oxidation sites excluding steroid dienone is 8. The lowest BCUT2D eigenvalue weighted by Crippen LogP contribution is -1.85. The Balaban J connectivity index is 4.01. The van der Waals surface area contributed by atoms with Crippen molar-refractivity contribution >= 4 is 22.6 Å². The number of halogens is 1. The van der Waals surface area contributed by atoms with Gasteiger partial charge in [0.05, 0.1) is 0 Å². The lowest BCUT2D eigenvalue weighted by Gasteiger charge is -1.95. The van der Waals surface area contributed by atoms with Gasteiger partial charge in [-0.25, -0.2) is 0 Å². The Kier molecular flexibility index (Phi) is 7.86. The van der Waals surface area contributed by atoms with Gasteiger partial charge >= 0.3 is 0 Å². The second-order valence-electron chi connectivity index (χ2n) is 3.70. The van der Waals surface area contributed by atoms with E-state index in [0.29, 0.717) is 3.92 Å². The summed E-state index contributed by atoms with van der Waals surface area (Å²) in [6.07, 6.45) is 12.8. The predicted molar refractivity (Wildman–Crippen MR) is 75.0 cm³/mol. The lowest BCUT2D eigenvalue weighted by molar-refractivity contribution is 1.31. The molecule has 14 heavy (non-hydrogen) atoms. The molecule has 1 heteroatoms. The molecule has 0 nitrogen and oxygen atoms in total. The fraction of sp³-hybridized carbons (Fsp3) is 0.385. The van der Waals surface area contributed by atoms with Gasteiger partial charge in [-0.1, -0.05) is 70.2 Å². The Hall–Kier alpha value is -0.310. The molecule has 0 aliphatic rings. The van der Waals surface area contributed by atoms with E-state index in [4.69, 9.17) is 0 Å². The molecule has 0 rings (SSSR count). The highest BCUT2D eigenvalue weighted by Crippen LogP contribution is 2.07. The predicted octanol–water partition coefficient (Wildman–Crippen LogP) is 4.83. The Morgan fingerprint density at radius 2 is 1.57 bits per heavy atom. The van der Waals surface area contributed by atoms with E-state index in [-0.39, 0.29) is 0 Å². The van der Waals surface area contributed by atoms with Crippen LogP contribution in [0.2, 0.25) is 0 Å². The molecule has 1 atom stereocenters. The third kappa shape index (κ3) is 9.78. The number of alkyl halides is 1. The minimum absolute atomic E-state index is 0.494. The summed E-state index contributed by atoms with van der Waals surface area (Å²) in [5.74, 6) is 0. The molecule has 0 aliphatic heterocycles. The average Bonchev–Trinajstić information content (AvgIpc) is 2.01. The maximum absolute atomic E-state index is 2.41. The van der Waals surface area contributed by atoms with Crippen molar-refractivity contribution in [2.24, 2.45) is 0 Å². The highest BCUT2D eigenvalue weighted by atomic mass is 127. The van der Waals surface area contributed by atoms with Gasteiger partial charge in [-0.2, -0.15) is 0 Å². The molecular formula is C13H19I. The molecule has 0 heterocycles. The first-order valence-corrected chi connectivity index (χ1v) is 6.04. The van der Waals surface area contributed by atoms with Gasteiger partial charge in [-0.05, 0) is 27.7 Å². The minimum Gasteiger partial charge on any atom is -0.0791 e. The summed E-state index contributed by atoms with van der Waals surface area (Å²) in [6, 6.07) is 0. The van der Waals surface area contributed by atoms with Crippen LogP contribution in [0.4, 0.5) is 0 Å². The van der Waals surface area contributed by atoms with Crippen LogP contribution in [0, 0.1) is 0 Å². The van der Waals surface area contributed by atoms with Gasteiger partial charge in [-0.3, -0.25) is 0 Å². The first kappa shape index (κ1) is 13.7. The molecule has 0 N–H and O–H groups in total. The zero-order valence-corrected chi connectivity index (χ0v) is 11.6. The fourth-order valence-corrected chi connectivity index (χ4v) is 1.82. The van der Waals surface area contributed by atoms with Gasteiger partial charge in [0.15, 0.2) is 0 Å². The summed E-state index contributed by atoms with van der Waals surface area (Å²) >= 11 is 2.41. The summed E-state index contributed by atoms with van der Waals surface area (Å²) < 4.78 is 0.494. The number of hydrogen-bond donors (Lipinski definition) is 0. The zero-order valence-electron chi connectivity index (χ0n) is 9.42. The van der Waals surface area contributed by atoms with Crippen molar-refractivity contribution in [3.63, 3.8) is 0 Å². The van der Waals surface area contributed by atoms with Crippen LogP contribution in [0.1, 0.15) is 27.7 Å². The third-order valence-electron chi connectivity index (χ3n) is 1.44. The van der Waals surface area contributed by atoms with Crippen molar-refractivity contribution in [3.05, 3.63) is 47.6 Å². The normalized spacial score (nSPS) is 13.2. The molecule has 0 saturated carbocycles. The van der Waals surface area contributed by atoms with Gasteiger partial charge < -0.3 is 0 Å². The summed E-state index contributed by atoms with van der Waals surface area (Å²) in [4.78, 5) is 0. The topological polar surface area (TPSA) is 0 Å². The molecule has 0 aromatic rings. The molecule has 1 unspecified atom stereocenters. The molecule has 0 amide bonds. The van der Waals surface area contributed by atoms with Crippen LogP contribution in [0.3, 0.4) is 0 Å². The van der Waals surface area contributed by atoms with Crippen molar-refractivity contribution < 1.29 is 0 Å². The second kappa shape index (κ2) is 8.04. The number of rotatable bonds is 4. The summed E-state index contributed by atoms with van der Waals surface area (Å²) in [6.45, 7) is 8.44. The van der Waals surface area contributed by atoms with E-state index in [2.05, 4.69) is 86.7 Å². The van der Waals surface area contributed by atoms with Crippen LogP contribution < -0.4 is 0 Å². The quantitative estimate of drug-likeness (QED) is 0.302. The van der Waals surface area contributed by atoms with E-state index in [1.165, 1.54) is 11.1 Å². The van der Waals surface area contributed by atoms with Gasteiger partial charge in [0.2, 0.25) is 0 Å². The van der Waals surface area contributed by atoms with Crippen LogP contribution in [0.25, 0.3) is 0 Å². The highest BCUT2D eigenvalue weighted by Gasteiger charge is 1.90. The van der Waals surface area contributed by atoms with Gasteiger partial charge in [-0.15, -0.1) is 0 Å². The third-order valence-corrected chi connectivity index (χ3v) is 2.21. The Bertz CT molecular complexity index is 259. The maximum Gasteiger partial charge on any atom is 0.0475 e. The molecule has 0 saturated heterocycles. The monoisotopic (exact) mass is 302 g/mol. The summed E-state index contributed by atoms with van der Waals surface area (Å²) in [5, 5.41) is 0. The molecule has 0 aromatic carbocycles. The number of hydrogen-bond acceptors (Lipinski definition) is 0. The Labute approximate surface area is 102 Å². The largest absolute Gasteiger partial charge is 0.0791 e. The smallest absolute Gasteiger partial charge is 0.0475 e. The zero-order chi connectivity index (χ0) is 11.0. The maximum atomic E-state index is 2.41. The summed E-state index contributed by atoms with van der Waals surface area (Å²) in [7, 11) is 0. The van der Waals surface area contributed by atoms with E-state index < -0.39 is 0 Å². The van der Waals surface area contributed by atoms with Crippen LogP contribution in [0.5, 0.6) is 0 Å². The molecule has 0 aliphatic carbocycles. The lowest BCUT2D eigenvalue weighted by atomic mass is 10.2. The average molecular weight is 302 g/mol. The molecule has 78 valence electrons. The van der Waals surface area contributed by atoms with Crippen molar-refractivity contribution in [3.8, 4) is 0 Å². The van der Waals surface area contributed by atoms with E-state index in [0.717, 1.165) is 0 Å². The molecular weight excluding hydrogens is 283 g/mol. The van der Waals surface area contributed by atoms with E-state index in [9.17, 15) is 0 Å². The van der Waals surface area contributed by atoms with Crippen molar-refractivity contribution in [1.29, 1.82) is 0 Å². The standard InChI is InChI=1S/C13H19I/c1-11(2)8-6-5-7-9-13(14)10-12(3)4/h5-10,13H,1-4H3. The van der Waals surface area contributed by atoms with Crippen molar-refractivity contribution in [1.82, 2.24) is 0 Å². The fourth-order valence-electron chi connectivity index (χ4n) is 0.856. The minimum atomic E-state index is 0.494. The Morgan fingerprint density at radius 3 is 2.07 bits per heavy atom. The van der Waals surface area contributed by atoms with Crippen LogP contribution in [-0.2, 0) is 0 Å².